The number of carbonyl (C=O) groups excluding carboxylic acids is 2. The Kier molecular flexibility index (Phi) is 6.41. The molecule has 0 spiro atoms. The van der Waals surface area contributed by atoms with Gasteiger partial charge in [0.15, 0.2) is 5.69 Å². The quantitative estimate of drug-likeness (QED) is 0.531. The average Bonchev–Trinajstić information content (AvgIpc) is 3.40. The molecule has 0 atom stereocenters. The molecular weight excluding hydrogens is 452 g/mol. The predicted octanol–water partition coefficient (Wildman–Crippen LogP) is 4.62. The highest BCUT2D eigenvalue weighted by Gasteiger charge is 2.34. The van der Waals surface area contributed by atoms with Gasteiger partial charge in [0.2, 0.25) is 5.91 Å². The highest BCUT2D eigenvalue weighted by molar-refractivity contribution is 5.99. The molecule has 1 aliphatic carbocycles. The molecule has 3 aromatic rings. The predicted molar refractivity (Wildman–Crippen MR) is 117 cm³/mol. The van der Waals surface area contributed by atoms with E-state index >= 15 is 0 Å². The number of amides is 2. The largest absolute Gasteiger partial charge is 0.418 e. The molecule has 0 unspecified atom stereocenters. The van der Waals surface area contributed by atoms with Crippen LogP contribution in [0, 0.1) is 5.82 Å². The Bertz CT molecular complexity index is 1220. The van der Waals surface area contributed by atoms with E-state index in [-0.39, 0.29) is 23.7 Å². The number of carbonyl (C=O) groups is 2. The number of alkyl halides is 3. The topological polar surface area (TPSA) is 67.2 Å². The van der Waals surface area contributed by atoms with Gasteiger partial charge in [-0.15, -0.1) is 0 Å². The zero-order chi connectivity index (χ0) is 24.5. The molecule has 0 fully saturated rings. The third kappa shape index (κ3) is 4.66. The molecule has 1 N–H and O–H groups in total. The van der Waals surface area contributed by atoms with Crippen molar-refractivity contribution in [1.82, 2.24) is 14.7 Å². The number of hydrogen-bond acceptors (Lipinski definition) is 3. The second-order valence-electron chi connectivity index (χ2n) is 7.93. The summed E-state index contributed by atoms with van der Waals surface area (Å²) in [6.45, 7) is 1.40. The van der Waals surface area contributed by atoms with Crippen LogP contribution in [0.5, 0.6) is 0 Å². The number of fused-ring (bicyclic) bond motifs is 1. The van der Waals surface area contributed by atoms with E-state index in [4.69, 9.17) is 0 Å². The van der Waals surface area contributed by atoms with E-state index in [1.165, 1.54) is 29.2 Å². The van der Waals surface area contributed by atoms with Gasteiger partial charge in [-0.3, -0.25) is 9.59 Å². The number of rotatable bonds is 6. The minimum Gasteiger partial charge on any atom is -0.328 e. The average molecular weight is 474 g/mol. The minimum absolute atomic E-state index is 0.158. The summed E-state index contributed by atoms with van der Waals surface area (Å²) in [5, 5.41) is 6.72. The lowest BCUT2D eigenvalue weighted by Gasteiger charge is -2.20. The molecule has 0 saturated heterocycles. The van der Waals surface area contributed by atoms with Crippen LogP contribution in [0.15, 0.2) is 48.5 Å². The maximum atomic E-state index is 13.3. The van der Waals surface area contributed by atoms with Crippen molar-refractivity contribution in [3.8, 4) is 5.69 Å². The SMILES string of the molecule is CCN(CC(=O)Nc1ccccc1C(F)(F)F)C(=O)c1nn(-c2ccc(F)cc2)c2c1CCC2. The van der Waals surface area contributed by atoms with Crippen molar-refractivity contribution in [1.29, 1.82) is 0 Å². The normalized spacial score (nSPS) is 13.0. The number of anilines is 1. The molecule has 34 heavy (non-hydrogen) atoms. The van der Waals surface area contributed by atoms with Gasteiger partial charge < -0.3 is 10.2 Å². The van der Waals surface area contributed by atoms with Crippen LogP contribution in [0.4, 0.5) is 23.2 Å². The van der Waals surface area contributed by atoms with Crippen molar-refractivity contribution >= 4 is 17.5 Å². The summed E-state index contributed by atoms with van der Waals surface area (Å²) in [7, 11) is 0. The maximum absolute atomic E-state index is 13.3. The lowest BCUT2D eigenvalue weighted by Crippen LogP contribution is -2.38. The molecular formula is C24H22F4N4O2. The Morgan fingerprint density at radius 2 is 1.79 bits per heavy atom. The Morgan fingerprint density at radius 3 is 2.47 bits per heavy atom. The first-order chi connectivity index (χ1) is 16.2. The van der Waals surface area contributed by atoms with Gasteiger partial charge in [0.25, 0.3) is 5.91 Å². The van der Waals surface area contributed by atoms with Crippen molar-refractivity contribution in [3.05, 3.63) is 76.9 Å². The van der Waals surface area contributed by atoms with Crippen LogP contribution in [0.25, 0.3) is 5.69 Å². The Labute approximate surface area is 193 Å². The summed E-state index contributed by atoms with van der Waals surface area (Å²) in [5.41, 5.74) is 1.11. The van der Waals surface area contributed by atoms with Gasteiger partial charge in [-0.2, -0.15) is 18.3 Å². The zero-order valence-corrected chi connectivity index (χ0v) is 18.3. The van der Waals surface area contributed by atoms with Crippen LogP contribution in [-0.2, 0) is 23.8 Å². The first-order valence-electron chi connectivity index (χ1n) is 10.8. The van der Waals surface area contributed by atoms with Crippen LogP contribution in [0.2, 0.25) is 0 Å². The highest BCUT2D eigenvalue weighted by atomic mass is 19.4. The molecule has 0 radical (unpaired) electrons. The van der Waals surface area contributed by atoms with E-state index in [9.17, 15) is 27.2 Å². The monoisotopic (exact) mass is 474 g/mol. The standard InChI is InChI=1S/C24H22F4N4O2/c1-2-31(14-21(33)29-19-8-4-3-7-18(19)24(26,27)28)23(34)22-17-6-5-9-20(17)32(30-22)16-12-10-15(25)11-13-16/h3-4,7-8,10-13H,2,5-6,9,14H2,1H3,(H,29,33). The molecule has 0 saturated carbocycles. The molecule has 1 aliphatic rings. The van der Waals surface area contributed by atoms with E-state index in [2.05, 4.69) is 10.4 Å². The number of nitrogens with zero attached hydrogens (tertiary/aromatic N) is 3. The summed E-state index contributed by atoms with van der Waals surface area (Å²) in [6, 6.07) is 10.4. The summed E-state index contributed by atoms with van der Waals surface area (Å²) >= 11 is 0. The van der Waals surface area contributed by atoms with Crippen LogP contribution < -0.4 is 5.32 Å². The van der Waals surface area contributed by atoms with Gasteiger partial charge in [0, 0.05) is 17.8 Å². The minimum atomic E-state index is -4.63. The summed E-state index contributed by atoms with van der Waals surface area (Å²) in [4.78, 5) is 27.1. The molecule has 6 nitrogen and oxygen atoms in total. The van der Waals surface area contributed by atoms with Crippen molar-refractivity contribution in [3.63, 3.8) is 0 Å². The third-order valence-corrected chi connectivity index (χ3v) is 5.71. The molecule has 0 bridgehead atoms. The van der Waals surface area contributed by atoms with Gasteiger partial charge in [-0.1, -0.05) is 12.1 Å². The smallest absolute Gasteiger partial charge is 0.328 e. The third-order valence-electron chi connectivity index (χ3n) is 5.71. The number of aromatic nitrogens is 2. The van der Waals surface area contributed by atoms with E-state index in [1.54, 1.807) is 23.7 Å². The van der Waals surface area contributed by atoms with Crippen molar-refractivity contribution in [2.75, 3.05) is 18.4 Å². The highest BCUT2D eigenvalue weighted by Crippen LogP contribution is 2.34. The second-order valence-corrected chi connectivity index (χ2v) is 7.93. The maximum Gasteiger partial charge on any atom is 0.418 e. The number of benzene rings is 2. The van der Waals surface area contributed by atoms with Gasteiger partial charge >= 0.3 is 6.18 Å². The number of para-hydroxylation sites is 1. The molecule has 2 amide bonds. The number of hydrogen-bond donors (Lipinski definition) is 1. The van der Waals surface area contributed by atoms with E-state index in [0.29, 0.717) is 18.5 Å². The molecule has 1 heterocycles. The van der Waals surface area contributed by atoms with Gasteiger partial charge in [0.1, 0.15) is 12.4 Å². The zero-order valence-electron chi connectivity index (χ0n) is 18.3. The van der Waals surface area contributed by atoms with Crippen LogP contribution in [0.3, 0.4) is 0 Å². The Morgan fingerprint density at radius 1 is 1.09 bits per heavy atom. The first kappa shape index (κ1) is 23.5. The van der Waals surface area contributed by atoms with Gasteiger partial charge in [-0.05, 0) is 62.6 Å². The summed E-state index contributed by atoms with van der Waals surface area (Å²) in [5.74, 6) is -1.62. The summed E-state index contributed by atoms with van der Waals surface area (Å²) in [6.07, 6.45) is -2.46. The number of likely N-dealkylation sites (N-methyl/N-ethyl adjacent to an activating group) is 1. The molecule has 10 heteroatoms. The van der Waals surface area contributed by atoms with E-state index < -0.39 is 30.1 Å². The Hall–Kier alpha value is -3.69. The van der Waals surface area contributed by atoms with Crippen molar-refractivity contribution in [2.24, 2.45) is 0 Å². The molecule has 1 aromatic heterocycles. The van der Waals surface area contributed by atoms with E-state index in [1.807, 2.05) is 0 Å². The molecule has 4 rings (SSSR count). The molecule has 0 aliphatic heterocycles. The first-order valence-corrected chi connectivity index (χ1v) is 10.8. The molecule has 2 aromatic carbocycles. The summed E-state index contributed by atoms with van der Waals surface area (Å²) < 4.78 is 54.6. The van der Waals surface area contributed by atoms with Crippen LogP contribution in [0.1, 0.15) is 40.7 Å². The molecule has 178 valence electrons. The fourth-order valence-corrected chi connectivity index (χ4v) is 4.08. The van der Waals surface area contributed by atoms with Gasteiger partial charge in [0.05, 0.1) is 16.9 Å². The number of nitrogens with one attached hydrogen (secondary N) is 1. The number of halogens is 4. The van der Waals surface area contributed by atoms with E-state index in [0.717, 1.165) is 29.8 Å². The van der Waals surface area contributed by atoms with Gasteiger partial charge in [-0.25, -0.2) is 9.07 Å². The van der Waals surface area contributed by atoms with Crippen molar-refractivity contribution < 1.29 is 27.2 Å². The Balaban J connectivity index is 1.56. The van der Waals surface area contributed by atoms with Crippen molar-refractivity contribution in [2.45, 2.75) is 32.4 Å². The second kappa shape index (κ2) is 9.28. The van der Waals surface area contributed by atoms with Crippen LogP contribution in [-0.4, -0.2) is 39.6 Å². The lowest BCUT2D eigenvalue weighted by molar-refractivity contribution is -0.137. The fourth-order valence-electron chi connectivity index (χ4n) is 4.08. The lowest BCUT2D eigenvalue weighted by atomic mass is 10.1. The fraction of sp³-hybridized carbons (Fsp3) is 0.292. The van der Waals surface area contributed by atoms with Crippen LogP contribution >= 0.6 is 0 Å².